The lowest BCUT2D eigenvalue weighted by Gasteiger charge is -2.11. The van der Waals surface area contributed by atoms with Gasteiger partial charge < -0.3 is 19.4 Å². The number of aromatic nitrogens is 3. The minimum atomic E-state index is -0.223. The average Bonchev–Trinajstić information content (AvgIpc) is 2.87. The molecule has 7 nitrogen and oxygen atoms in total. The Bertz CT molecular complexity index is 1020. The van der Waals surface area contributed by atoms with Crippen molar-refractivity contribution in [1.82, 2.24) is 14.5 Å². The number of nitrogens with zero attached hydrogens (tertiary/aromatic N) is 3. The van der Waals surface area contributed by atoms with Crippen molar-refractivity contribution >= 4 is 22.8 Å². The van der Waals surface area contributed by atoms with E-state index in [0.717, 1.165) is 43.0 Å². The number of benzene rings is 1. The second kappa shape index (κ2) is 7.50. The van der Waals surface area contributed by atoms with Crippen molar-refractivity contribution in [2.45, 2.75) is 39.2 Å². The van der Waals surface area contributed by atoms with Crippen LogP contribution in [0.25, 0.3) is 11.2 Å². The van der Waals surface area contributed by atoms with Crippen molar-refractivity contribution in [3.05, 3.63) is 41.3 Å². The molecule has 1 aliphatic rings. The van der Waals surface area contributed by atoms with E-state index in [9.17, 15) is 4.79 Å². The summed E-state index contributed by atoms with van der Waals surface area (Å²) in [4.78, 5) is 22.5. The molecule has 0 saturated heterocycles. The van der Waals surface area contributed by atoms with Crippen molar-refractivity contribution in [3.63, 3.8) is 0 Å². The van der Waals surface area contributed by atoms with Gasteiger partial charge in [-0.3, -0.25) is 4.79 Å². The lowest BCUT2D eigenvalue weighted by Crippen LogP contribution is -2.13. The van der Waals surface area contributed by atoms with Crippen LogP contribution >= 0.6 is 0 Å². The largest absolute Gasteiger partial charge is 0.497 e. The number of amides is 1. The summed E-state index contributed by atoms with van der Waals surface area (Å²) < 4.78 is 12.7. The zero-order chi connectivity index (χ0) is 19.7. The molecular formula is C21H24N4O3. The van der Waals surface area contributed by atoms with Crippen LogP contribution < -0.4 is 14.8 Å². The summed E-state index contributed by atoms with van der Waals surface area (Å²) in [7, 11) is 3.16. The Morgan fingerprint density at radius 1 is 1.04 bits per heavy atom. The highest BCUT2D eigenvalue weighted by atomic mass is 16.5. The van der Waals surface area contributed by atoms with Gasteiger partial charge in [0.05, 0.1) is 19.8 Å². The van der Waals surface area contributed by atoms with E-state index in [1.165, 1.54) is 6.42 Å². The zero-order valence-corrected chi connectivity index (χ0v) is 16.4. The van der Waals surface area contributed by atoms with Crippen molar-refractivity contribution in [3.8, 4) is 11.5 Å². The molecule has 0 saturated carbocycles. The van der Waals surface area contributed by atoms with Crippen LogP contribution in [0.4, 0.5) is 5.69 Å². The number of nitrogens with one attached hydrogen (secondary N) is 1. The molecule has 2 aromatic heterocycles. The Kier molecular flexibility index (Phi) is 4.90. The number of aryl methyl sites for hydroxylation is 3. The number of anilines is 1. The molecule has 1 N–H and O–H groups in total. The van der Waals surface area contributed by atoms with E-state index < -0.39 is 0 Å². The third kappa shape index (κ3) is 3.40. The van der Waals surface area contributed by atoms with Gasteiger partial charge in [0, 0.05) is 42.5 Å². The maximum absolute atomic E-state index is 13.1. The van der Waals surface area contributed by atoms with Gasteiger partial charge >= 0.3 is 0 Å². The molecule has 0 bridgehead atoms. The summed E-state index contributed by atoms with van der Waals surface area (Å²) in [5.41, 5.74) is 3.39. The topological polar surface area (TPSA) is 78.3 Å². The lowest BCUT2D eigenvalue weighted by molar-refractivity contribution is 0.102. The minimum absolute atomic E-state index is 0.223. The van der Waals surface area contributed by atoms with E-state index >= 15 is 0 Å². The summed E-state index contributed by atoms with van der Waals surface area (Å²) in [6, 6.07) is 7.07. The van der Waals surface area contributed by atoms with E-state index in [1.807, 2.05) is 6.92 Å². The number of rotatable bonds is 4. The molecule has 0 fully saturated rings. The lowest BCUT2D eigenvalue weighted by atomic mass is 10.1. The first-order valence-corrected chi connectivity index (χ1v) is 9.50. The Balaban J connectivity index is 1.74. The maximum atomic E-state index is 13.1. The number of carbonyl (C=O) groups excluding carboxylic acids is 1. The molecule has 28 heavy (non-hydrogen) atoms. The number of imidazole rings is 1. The molecule has 0 unspecified atom stereocenters. The van der Waals surface area contributed by atoms with Gasteiger partial charge in [0.2, 0.25) is 0 Å². The standard InChI is InChI=1S/C21H24N4O3/c1-13-9-17(19-20(22-13)25-8-6-4-5-7-18(25)24-19)21(26)23-14-10-15(27-2)12-16(11-14)28-3/h9-12H,4-8H2,1-3H3,(H,23,26). The smallest absolute Gasteiger partial charge is 0.258 e. The molecular weight excluding hydrogens is 356 g/mol. The van der Waals surface area contributed by atoms with Gasteiger partial charge in [0.1, 0.15) is 22.8 Å². The maximum Gasteiger partial charge on any atom is 0.258 e. The van der Waals surface area contributed by atoms with Crippen LogP contribution in [0.2, 0.25) is 0 Å². The van der Waals surface area contributed by atoms with Gasteiger partial charge in [0.15, 0.2) is 5.65 Å². The van der Waals surface area contributed by atoms with E-state index in [0.29, 0.717) is 28.3 Å². The molecule has 0 spiro atoms. The minimum Gasteiger partial charge on any atom is -0.497 e. The number of pyridine rings is 1. The summed E-state index contributed by atoms with van der Waals surface area (Å²) in [5.74, 6) is 2.01. The first-order valence-electron chi connectivity index (χ1n) is 9.50. The van der Waals surface area contributed by atoms with Gasteiger partial charge in [-0.1, -0.05) is 6.42 Å². The Morgan fingerprint density at radius 3 is 2.50 bits per heavy atom. The van der Waals surface area contributed by atoms with Crippen molar-refractivity contribution < 1.29 is 14.3 Å². The molecule has 1 amide bonds. The van der Waals surface area contributed by atoms with E-state index in [1.54, 1.807) is 38.5 Å². The van der Waals surface area contributed by atoms with E-state index in [4.69, 9.17) is 14.5 Å². The molecule has 0 atom stereocenters. The summed E-state index contributed by atoms with van der Waals surface area (Å²) in [6.07, 6.45) is 4.35. The van der Waals surface area contributed by atoms with Crippen LogP contribution in [-0.4, -0.2) is 34.7 Å². The number of hydrogen-bond acceptors (Lipinski definition) is 5. The number of ether oxygens (including phenoxy) is 2. The van der Waals surface area contributed by atoms with Gasteiger partial charge in [-0.2, -0.15) is 0 Å². The molecule has 7 heteroatoms. The van der Waals surface area contributed by atoms with Gasteiger partial charge in [-0.15, -0.1) is 0 Å². The van der Waals surface area contributed by atoms with Gasteiger partial charge in [-0.05, 0) is 25.8 Å². The molecule has 3 heterocycles. The first kappa shape index (κ1) is 18.3. The third-order valence-corrected chi connectivity index (χ3v) is 5.05. The van der Waals surface area contributed by atoms with Crippen molar-refractivity contribution in [2.75, 3.05) is 19.5 Å². The highest BCUT2D eigenvalue weighted by Crippen LogP contribution is 2.28. The molecule has 4 rings (SSSR count). The molecule has 1 aliphatic heterocycles. The predicted molar refractivity (Wildman–Crippen MR) is 107 cm³/mol. The number of hydrogen-bond donors (Lipinski definition) is 1. The van der Waals surface area contributed by atoms with Crippen LogP contribution in [-0.2, 0) is 13.0 Å². The number of fused-ring (bicyclic) bond motifs is 3. The monoisotopic (exact) mass is 380 g/mol. The van der Waals surface area contributed by atoms with Crippen molar-refractivity contribution in [2.24, 2.45) is 0 Å². The predicted octanol–water partition coefficient (Wildman–Crippen LogP) is 3.74. The highest BCUT2D eigenvalue weighted by Gasteiger charge is 2.21. The molecule has 146 valence electrons. The van der Waals surface area contributed by atoms with Crippen molar-refractivity contribution in [1.29, 1.82) is 0 Å². The molecule has 1 aromatic carbocycles. The molecule has 3 aromatic rings. The normalized spacial score (nSPS) is 13.7. The van der Waals surface area contributed by atoms with Crippen LogP contribution in [0.3, 0.4) is 0 Å². The van der Waals surface area contributed by atoms with E-state index in [-0.39, 0.29) is 5.91 Å². The third-order valence-electron chi connectivity index (χ3n) is 5.05. The van der Waals surface area contributed by atoms with E-state index in [2.05, 4.69) is 14.9 Å². The molecule has 0 radical (unpaired) electrons. The van der Waals surface area contributed by atoms with Crippen LogP contribution in [0, 0.1) is 6.92 Å². The van der Waals surface area contributed by atoms with Crippen LogP contribution in [0.15, 0.2) is 24.3 Å². The van der Waals surface area contributed by atoms with Gasteiger partial charge in [-0.25, -0.2) is 9.97 Å². The van der Waals surface area contributed by atoms with Gasteiger partial charge in [0.25, 0.3) is 5.91 Å². The quantitative estimate of drug-likeness (QED) is 0.746. The summed E-state index contributed by atoms with van der Waals surface area (Å²) >= 11 is 0. The highest BCUT2D eigenvalue weighted by molar-refractivity contribution is 6.11. The van der Waals surface area contributed by atoms with Crippen LogP contribution in [0.5, 0.6) is 11.5 Å². The second-order valence-electron chi connectivity index (χ2n) is 7.03. The first-order chi connectivity index (χ1) is 13.6. The summed E-state index contributed by atoms with van der Waals surface area (Å²) in [6.45, 7) is 2.80. The average molecular weight is 380 g/mol. The second-order valence-corrected chi connectivity index (χ2v) is 7.03. The molecule has 0 aliphatic carbocycles. The Labute approximate surface area is 163 Å². The zero-order valence-electron chi connectivity index (χ0n) is 16.4. The SMILES string of the molecule is COc1cc(NC(=O)c2cc(C)nc3c2nc2n3CCCCC2)cc(OC)c1. The fourth-order valence-corrected chi connectivity index (χ4v) is 3.67. The fraction of sp³-hybridized carbons (Fsp3) is 0.381. The summed E-state index contributed by atoms with van der Waals surface area (Å²) in [5, 5.41) is 2.94. The number of carbonyl (C=O) groups is 1. The number of methoxy groups -OCH3 is 2. The Hall–Kier alpha value is -3.09. The Morgan fingerprint density at radius 2 is 1.79 bits per heavy atom. The fourth-order valence-electron chi connectivity index (χ4n) is 3.67. The van der Waals surface area contributed by atoms with Crippen LogP contribution in [0.1, 0.15) is 41.1 Å².